The highest BCUT2D eigenvalue weighted by Gasteiger charge is 2.32. The van der Waals surface area contributed by atoms with Crippen molar-refractivity contribution in [1.82, 2.24) is 4.31 Å². The number of nitrogens with zero attached hydrogens (tertiary/aromatic N) is 1. The Balaban J connectivity index is 2.47. The fourth-order valence-electron chi connectivity index (χ4n) is 2.19. The number of carbonyl (C=O) groups excluding carboxylic acids is 1. The predicted molar refractivity (Wildman–Crippen MR) is 82.9 cm³/mol. The summed E-state index contributed by atoms with van der Waals surface area (Å²) in [5, 5.41) is 0.226. The number of esters is 1. The summed E-state index contributed by atoms with van der Waals surface area (Å²) in [5.41, 5.74) is 5.94. The molecular formula is C13H18N2O4S2. The van der Waals surface area contributed by atoms with Crippen molar-refractivity contribution in [2.75, 3.05) is 31.7 Å². The van der Waals surface area contributed by atoms with Crippen molar-refractivity contribution in [3.63, 3.8) is 0 Å². The number of nitrogen functional groups attached to an aromatic ring is 1. The summed E-state index contributed by atoms with van der Waals surface area (Å²) in [4.78, 5) is 11.8. The average molecular weight is 330 g/mol. The van der Waals surface area contributed by atoms with E-state index in [9.17, 15) is 13.2 Å². The zero-order valence-electron chi connectivity index (χ0n) is 11.9. The van der Waals surface area contributed by atoms with E-state index >= 15 is 0 Å². The molecule has 1 saturated heterocycles. The predicted octanol–water partition coefficient (Wildman–Crippen LogP) is 1.18. The van der Waals surface area contributed by atoms with Gasteiger partial charge in [0.1, 0.15) is 0 Å². The van der Waals surface area contributed by atoms with Crippen LogP contribution in [0.2, 0.25) is 0 Å². The number of anilines is 1. The molecule has 8 heteroatoms. The first kappa shape index (κ1) is 16.1. The van der Waals surface area contributed by atoms with Crippen LogP contribution in [0.1, 0.15) is 17.3 Å². The van der Waals surface area contributed by atoms with Gasteiger partial charge in [0.2, 0.25) is 10.0 Å². The van der Waals surface area contributed by atoms with E-state index in [4.69, 9.17) is 5.73 Å². The second kappa shape index (κ2) is 6.25. The summed E-state index contributed by atoms with van der Waals surface area (Å²) < 4.78 is 31.6. The van der Waals surface area contributed by atoms with E-state index in [0.29, 0.717) is 18.8 Å². The average Bonchev–Trinajstić information content (AvgIpc) is 2.46. The van der Waals surface area contributed by atoms with Gasteiger partial charge in [-0.3, -0.25) is 0 Å². The lowest BCUT2D eigenvalue weighted by molar-refractivity contribution is 0.0596. The van der Waals surface area contributed by atoms with Crippen molar-refractivity contribution in [1.29, 1.82) is 0 Å². The number of carbonyl (C=O) groups is 1. The summed E-state index contributed by atoms with van der Waals surface area (Å²) >= 11 is 1.73. The maximum atomic E-state index is 12.8. The zero-order valence-corrected chi connectivity index (χ0v) is 13.5. The molecule has 1 unspecified atom stereocenters. The molecule has 0 aromatic heterocycles. The fourth-order valence-corrected chi connectivity index (χ4v) is 5.10. The Labute approximate surface area is 128 Å². The molecule has 2 rings (SSSR count). The van der Waals surface area contributed by atoms with E-state index in [2.05, 4.69) is 4.74 Å². The number of sulfonamides is 1. The molecule has 6 nitrogen and oxygen atoms in total. The van der Waals surface area contributed by atoms with E-state index in [-0.39, 0.29) is 15.7 Å². The Kier molecular flexibility index (Phi) is 4.80. The molecule has 0 amide bonds. The lowest BCUT2D eigenvalue weighted by atomic mass is 10.2. The largest absolute Gasteiger partial charge is 0.465 e. The van der Waals surface area contributed by atoms with Crippen LogP contribution in [0.5, 0.6) is 0 Å². The van der Waals surface area contributed by atoms with Gasteiger partial charge in [0.25, 0.3) is 0 Å². The van der Waals surface area contributed by atoms with Crippen LogP contribution in [0, 0.1) is 0 Å². The molecule has 116 valence electrons. The standard InChI is InChI=1S/C13H18N2O4S2/c1-9-8-15(5-6-20-9)21(17,18)12-4-3-10(14)7-11(12)13(16)19-2/h3-4,7,9H,5-6,8,14H2,1-2H3. The topological polar surface area (TPSA) is 89.7 Å². The molecule has 1 atom stereocenters. The monoisotopic (exact) mass is 330 g/mol. The summed E-state index contributed by atoms with van der Waals surface area (Å²) in [5.74, 6) is 0.0310. The first-order valence-electron chi connectivity index (χ1n) is 6.46. The molecule has 1 aliphatic heterocycles. The van der Waals surface area contributed by atoms with Crippen molar-refractivity contribution >= 4 is 33.4 Å². The summed E-state index contributed by atoms with van der Waals surface area (Å²) in [6, 6.07) is 4.17. The molecular weight excluding hydrogens is 312 g/mol. The van der Waals surface area contributed by atoms with Gasteiger partial charge in [-0.15, -0.1) is 0 Å². The lowest BCUT2D eigenvalue weighted by Crippen LogP contribution is -2.41. The van der Waals surface area contributed by atoms with Gasteiger partial charge >= 0.3 is 5.97 Å². The highest BCUT2D eigenvalue weighted by atomic mass is 32.2. The molecule has 21 heavy (non-hydrogen) atoms. The maximum Gasteiger partial charge on any atom is 0.339 e. The van der Waals surface area contributed by atoms with Crippen LogP contribution in [-0.4, -0.2) is 49.9 Å². The summed E-state index contributed by atoms with van der Waals surface area (Å²) in [6.45, 7) is 2.84. The van der Waals surface area contributed by atoms with E-state index < -0.39 is 16.0 Å². The maximum absolute atomic E-state index is 12.8. The Hall–Kier alpha value is -1.25. The van der Waals surface area contributed by atoms with E-state index in [1.165, 1.54) is 29.6 Å². The number of ether oxygens (including phenoxy) is 1. The van der Waals surface area contributed by atoms with E-state index in [0.717, 1.165) is 5.75 Å². The Bertz CT molecular complexity index is 646. The number of benzene rings is 1. The molecule has 1 heterocycles. The first-order valence-corrected chi connectivity index (χ1v) is 8.94. The van der Waals surface area contributed by atoms with Crippen LogP contribution < -0.4 is 5.73 Å². The quantitative estimate of drug-likeness (QED) is 0.661. The normalized spacial score (nSPS) is 20.2. The minimum atomic E-state index is -3.73. The molecule has 1 aliphatic rings. The second-order valence-electron chi connectivity index (χ2n) is 4.79. The van der Waals surface area contributed by atoms with Crippen LogP contribution in [0.3, 0.4) is 0 Å². The van der Waals surface area contributed by atoms with Crippen molar-refractivity contribution in [3.8, 4) is 0 Å². The SMILES string of the molecule is COC(=O)c1cc(N)ccc1S(=O)(=O)N1CCSC(C)C1. The van der Waals surface area contributed by atoms with E-state index in [1.54, 1.807) is 11.8 Å². The molecule has 1 aromatic carbocycles. The van der Waals surface area contributed by atoms with Crippen molar-refractivity contribution < 1.29 is 17.9 Å². The van der Waals surface area contributed by atoms with Crippen LogP contribution in [0.4, 0.5) is 5.69 Å². The molecule has 0 radical (unpaired) electrons. The molecule has 0 saturated carbocycles. The van der Waals surface area contributed by atoms with Crippen molar-refractivity contribution in [2.45, 2.75) is 17.1 Å². The van der Waals surface area contributed by atoms with Crippen LogP contribution in [0.25, 0.3) is 0 Å². The smallest absolute Gasteiger partial charge is 0.339 e. The highest BCUT2D eigenvalue weighted by Crippen LogP contribution is 2.27. The number of hydrogen-bond acceptors (Lipinski definition) is 6. The van der Waals surface area contributed by atoms with Gasteiger partial charge < -0.3 is 10.5 Å². The van der Waals surface area contributed by atoms with Crippen LogP contribution >= 0.6 is 11.8 Å². The molecule has 0 spiro atoms. The molecule has 1 fully saturated rings. The highest BCUT2D eigenvalue weighted by molar-refractivity contribution is 8.00. The number of methoxy groups -OCH3 is 1. The number of thioether (sulfide) groups is 1. The van der Waals surface area contributed by atoms with Gasteiger partial charge in [0.15, 0.2) is 0 Å². The van der Waals surface area contributed by atoms with Gasteiger partial charge in [-0.05, 0) is 18.2 Å². The number of rotatable bonds is 3. The molecule has 2 N–H and O–H groups in total. The van der Waals surface area contributed by atoms with Crippen molar-refractivity contribution in [2.24, 2.45) is 0 Å². The minimum absolute atomic E-state index is 0.0246. The van der Waals surface area contributed by atoms with Gasteiger partial charge in [0.05, 0.1) is 17.6 Å². The number of nitrogens with two attached hydrogens (primary N) is 1. The Morgan fingerprint density at radius 2 is 2.19 bits per heavy atom. The minimum Gasteiger partial charge on any atom is -0.465 e. The lowest BCUT2D eigenvalue weighted by Gasteiger charge is -2.30. The third kappa shape index (κ3) is 3.33. The first-order chi connectivity index (χ1) is 9.86. The van der Waals surface area contributed by atoms with Gasteiger partial charge in [0, 0.05) is 29.8 Å². The fraction of sp³-hybridized carbons (Fsp3) is 0.462. The molecule has 0 bridgehead atoms. The Morgan fingerprint density at radius 1 is 1.48 bits per heavy atom. The van der Waals surface area contributed by atoms with Gasteiger partial charge in [-0.1, -0.05) is 6.92 Å². The second-order valence-corrected chi connectivity index (χ2v) is 8.24. The van der Waals surface area contributed by atoms with Crippen LogP contribution in [-0.2, 0) is 14.8 Å². The van der Waals surface area contributed by atoms with E-state index in [1.807, 2.05) is 6.92 Å². The third-order valence-electron chi connectivity index (χ3n) is 3.23. The van der Waals surface area contributed by atoms with Gasteiger partial charge in [-0.2, -0.15) is 16.1 Å². The third-order valence-corrected chi connectivity index (χ3v) is 6.29. The van der Waals surface area contributed by atoms with Crippen LogP contribution in [0.15, 0.2) is 23.1 Å². The summed E-state index contributed by atoms with van der Waals surface area (Å²) in [6.07, 6.45) is 0. The molecule has 0 aliphatic carbocycles. The summed E-state index contributed by atoms with van der Waals surface area (Å²) in [7, 11) is -2.52. The zero-order chi connectivity index (χ0) is 15.6. The Morgan fingerprint density at radius 3 is 2.81 bits per heavy atom. The van der Waals surface area contributed by atoms with Crippen molar-refractivity contribution in [3.05, 3.63) is 23.8 Å². The number of hydrogen-bond donors (Lipinski definition) is 1. The molecule has 1 aromatic rings. The van der Waals surface area contributed by atoms with Gasteiger partial charge in [-0.25, -0.2) is 13.2 Å².